The van der Waals surface area contributed by atoms with Crippen molar-refractivity contribution >= 4 is 38.3 Å². The van der Waals surface area contributed by atoms with Crippen molar-refractivity contribution < 1.29 is 20.4 Å². The van der Waals surface area contributed by atoms with Gasteiger partial charge in [-0.05, 0) is 0 Å². The van der Waals surface area contributed by atoms with E-state index in [9.17, 15) is 0 Å². The Balaban J connectivity index is 0. The molecule has 1 atom stereocenters. The number of hydrogen-bond acceptors (Lipinski definition) is 0. The Labute approximate surface area is 101 Å². The van der Waals surface area contributed by atoms with E-state index in [2.05, 4.69) is 48.1 Å². The van der Waals surface area contributed by atoms with E-state index < -0.39 is 0 Å². The van der Waals surface area contributed by atoms with Crippen LogP contribution in [-0.4, -0.2) is 8.75 Å². The third-order valence-electron chi connectivity index (χ3n) is 2.23. The molecule has 0 amide bonds. The molecule has 1 heterocycles. The Morgan fingerprint density at radius 2 is 1.58 bits per heavy atom. The summed E-state index contributed by atoms with van der Waals surface area (Å²) in [6.07, 6.45) is 0. The van der Waals surface area contributed by atoms with Gasteiger partial charge >= 0.3 is 76.2 Å². The molecule has 0 spiro atoms. The molecule has 0 bridgehead atoms. The number of hydrogen-bond donors (Lipinski definition) is 0. The van der Waals surface area contributed by atoms with Crippen LogP contribution in [0.25, 0.3) is 0 Å². The average Bonchev–Trinajstić information content (AvgIpc) is 1.95. The van der Waals surface area contributed by atoms with Crippen LogP contribution in [0.5, 0.6) is 0 Å². The molecular weight excluding hydrogens is 246 g/mol. The molecule has 0 aromatic heterocycles. The largest absolute Gasteiger partial charge is 0.147 e. The zero-order chi connectivity index (χ0) is 7.94. The van der Waals surface area contributed by atoms with E-state index >= 15 is 0 Å². The van der Waals surface area contributed by atoms with E-state index in [1.165, 1.54) is 13.8 Å². The minimum atomic E-state index is 0. The topological polar surface area (TPSA) is 0 Å². The van der Waals surface area contributed by atoms with E-state index in [0.717, 1.165) is 0 Å². The predicted octanol–water partition coefficient (Wildman–Crippen LogP) is 3.58. The third-order valence-corrected chi connectivity index (χ3v) is 4.79. The summed E-state index contributed by atoms with van der Waals surface area (Å²) in [4.78, 5) is 0. The molecule has 0 radical (unpaired) electrons. The monoisotopic (exact) mass is 259 g/mol. The fourth-order valence-electron chi connectivity index (χ4n) is 1.14. The second-order valence-corrected chi connectivity index (χ2v) is 7.03. The fraction of sp³-hybridized carbons (Fsp3) is 0.625. The van der Waals surface area contributed by atoms with Gasteiger partial charge in [0.1, 0.15) is 0 Å². The molecule has 0 aromatic carbocycles. The molecule has 1 unspecified atom stereocenters. The Kier molecular flexibility index (Phi) is 6.76. The van der Waals surface area contributed by atoms with Crippen LogP contribution in [0.3, 0.4) is 0 Å². The maximum Gasteiger partial charge on any atom is -0.147 e. The standard InChI is InChI=1S/C8H12P.2ClH.Ti/c1-5-6(2)8(4)9-7(5)3;;;/h1-4H3;2*1H;. The van der Waals surface area contributed by atoms with Gasteiger partial charge in [-0.3, -0.25) is 0 Å². The zero-order valence-electron chi connectivity index (χ0n) is 7.76. The number of allylic oxidation sites excluding steroid dienone is 2. The van der Waals surface area contributed by atoms with Crippen molar-refractivity contribution in [1.82, 2.24) is 0 Å². The van der Waals surface area contributed by atoms with Crippen molar-refractivity contribution in [1.29, 1.82) is 0 Å². The van der Waals surface area contributed by atoms with Gasteiger partial charge in [0.2, 0.25) is 0 Å². The first-order chi connectivity index (χ1) is 4.45. The van der Waals surface area contributed by atoms with Crippen LogP contribution in [-0.2, 0) is 20.4 Å². The summed E-state index contributed by atoms with van der Waals surface area (Å²) in [7, 11) is 1.50. The number of rotatable bonds is 0. The van der Waals surface area contributed by atoms with E-state index in [0.29, 0.717) is 3.46 Å². The van der Waals surface area contributed by atoms with Crippen LogP contribution in [0.15, 0.2) is 11.1 Å². The first-order valence-corrected chi connectivity index (χ1v) is 5.12. The van der Waals surface area contributed by atoms with Gasteiger partial charge in [-0.1, -0.05) is 0 Å². The second-order valence-electron chi connectivity index (χ2n) is 3.02. The van der Waals surface area contributed by atoms with Crippen LogP contribution < -0.4 is 0 Å². The Hall–Kier alpha value is 1.20. The zero-order valence-corrected chi connectivity index (χ0v) is 11.9. The predicted molar refractivity (Wildman–Crippen MR) is 58.9 cm³/mol. The summed E-state index contributed by atoms with van der Waals surface area (Å²) in [5.41, 5.74) is 3.08. The SMILES string of the molecule is CC1=P[C](C)([Ti])C(C)=C1C.Cl.Cl. The Morgan fingerprint density at radius 3 is 1.67 bits per heavy atom. The minimum Gasteiger partial charge on any atom is -0.147 e. The summed E-state index contributed by atoms with van der Waals surface area (Å²) >= 11 is 2.31. The minimum absolute atomic E-state index is 0. The van der Waals surface area contributed by atoms with Crippen LogP contribution in [0.4, 0.5) is 0 Å². The summed E-state index contributed by atoms with van der Waals surface area (Å²) in [6.45, 7) is 9.02. The Bertz CT molecular complexity index is 231. The van der Waals surface area contributed by atoms with E-state index in [4.69, 9.17) is 0 Å². The van der Waals surface area contributed by atoms with Crippen molar-refractivity contribution in [3.05, 3.63) is 11.1 Å². The molecule has 0 aromatic rings. The van der Waals surface area contributed by atoms with Gasteiger partial charge in [0.05, 0.1) is 0 Å². The molecule has 0 nitrogen and oxygen atoms in total. The van der Waals surface area contributed by atoms with Crippen LogP contribution in [0, 0.1) is 0 Å². The van der Waals surface area contributed by atoms with Gasteiger partial charge in [0.25, 0.3) is 0 Å². The van der Waals surface area contributed by atoms with Crippen LogP contribution >= 0.6 is 33.0 Å². The van der Waals surface area contributed by atoms with Gasteiger partial charge in [0.15, 0.2) is 0 Å². The van der Waals surface area contributed by atoms with E-state index in [-0.39, 0.29) is 24.8 Å². The van der Waals surface area contributed by atoms with Gasteiger partial charge in [-0.2, -0.15) is 0 Å². The molecular formula is C8H14Cl2PTi. The summed E-state index contributed by atoms with van der Waals surface area (Å²) in [6, 6.07) is 0. The summed E-state index contributed by atoms with van der Waals surface area (Å²) < 4.78 is 0.411. The molecule has 0 fully saturated rings. The van der Waals surface area contributed by atoms with Crippen LogP contribution in [0.1, 0.15) is 27.7 Å². The first-order valence-electron chi connectivity index (χ1n) is 3.45. The smallest absolute Gasteiger partial charge is 0.147 e. The summed E-state index contributed by atoms with van der Waals surface area (Å²) in [5.74, 6) is 0. The molecule has 1 aliphatic heterocycles. The van der Waals surface area contributed by atoms with Gasteiger partial charge in [-0.15, -0.1) is 24.8 Å². The molecule has 12 heavy (non-hydrogen) atoms. The number of halogens is 2. The Morgan fingerprint density at radius 1 is 1.17 bits per heavy atom. The molecule has 0 N–H and O–H groups in total. The summed E-state index contributed by atoms with van der Waals surface area (Å²) in [5, 5.41) is 1.54. The molecule has 1 rings (SSSR count). The molecule has 4 heteroatoms. The van der Waals surface area contributed by atoms with Crippen molar-refractivity contribution in [3.8, 4) is 0 Å². The first kappa shape index (κ1) is 15.7. The van der Waals surface area contributed by atoms with Crippen molar-refractivity contribution in [3.63, 3.8) is 0 Å². The van der Waals surface area contributed by atoms with Crippen molar-refractivity contribution in [2.45, 2.75) is 31.2 Å². The molecule has 0 aliphatic carbocycles. The quantitative estimate of drug-likeness (QED) is 0.461. The molecule has 0 saturated carbocycles. The van der Waals surface area contributed by atoms with Crippen LogP contribution in [0.2, 0.25) is 0 Å². The maximum absolute atomic E-state index is 2.31. The van der Waals surface area contributed by atoms with Gasteiger partial charge in [0, 0.05) is 0 Å². The molecule has 69 valence electrons. The van der Waals surface area contributed by atoms with Gasteiger partial charge < -0.3 is 0 Å². The van der Waals surface area contributed by atoms with Crippen molar-refractivity contribution in [2.75, 3.05) is 0 Å². The van der Waals surface area contributed by atoms with Gasteiger partial charge in [-0.25, -0.2) is 0 Å². The van der Waals surface area contributed by atoms with E-state index in [1.54, 1.807) is 10.9 Å². The molecule has 0 saturated heterocycles. The normalized spacial score (nSPS) is 28.8. The van der Waals surface area contributed by atoms with E-state index in [1.807, 2.05) is 0 Å². The average molecular weight is 260 g/mol. The fourth-order valence-corrected chi connectivity index (χ4v) is 3.56. The third kappa shape index (κ3) is 2.86. The second kappa shape index (κ2) is 5.18. The molecule has 1 aliphatic rings. The van der Waals surface area contributed by atoms with Crippen molar-refractivity contribution in [2.24, 2.45) is 0 Å². The maximum atomic E-state index is 2.31.